The van der Waals surface area contributed by atoms with Gasteiger partial charge in [-0.3, -0.25) is 14.9 Å². The number of rotatable bonds is 10. The minimum Gasteiger partial charge on any atom is -0.461 e. The van der Waals surface area contributed by atoms with Crippen LogP contribution in [0.15, 0.2) is 24.3 Å². The van der Waals surface area contributed by atoms with Crippen LogP contribution in [0.1, 0.15) is 61.9 Å². The Balaban J connectivity index is 1.72. The molecule has 0 spiro atoms. The third-order valence-corrected chi connectivity index (χ3v) is 7.06. The minimum absolute atomic E-state index is 0.0303. The fourth-order valence-corrected chi connectivity index (χ4v) is 5.47. The maximum atomic E-state index is 12.7. The third-order valence-electron chi connectivity index (χ3n) is 5.66. The number of esters is 1. The van der Waals surface area contributed by atoms with Crippen LogP contribution in [-0.2, 0) is 16.1 Å². The van der Waals surface area contributed by atoms with Crippen LogP contribution in [0.5, 0.6) is 0 Å². The Bertz CT molecular complexity index is 1050. The van der Waals surface area contributed by atoms with Crippen molar-refractivity contribution in [2.75, 3.05) is 5.32 Å². The van der Waals surface area contributed by atoms with Crippen molar-refractivity contribution in [3.8, 4) is 10.4 Å². The van der Waals surface area contributed by atoms with Gasteiger partial charge >= 0.3 is 12.0 Å². The molecule has 184 valence electrons. The summed E-state index contributed by atoms with van der Waals surface area (Å²) in [6.45, 7) is 4.60. The number of benzene rings is 1. The first-order chi connectivity index (χ1) is 16.1. The van der Waals surface area contributed by atoms with Crippen molar-refractivity contribution in [2.24, 2.45) is 17.4 Å². The fourth-order valence-electron chi connectivity index (χ4n) is 4.01. The zero-order valence-corrected chi connectivity index (χ0v) is 20.9. The molecule has 0 aliphatic heterocycles. The largest absolute Gasteiger partial charge is 0.461 e. The van der Waals surface area contributed by atoms with E-state index in [0.717, 1.165) is 42.6 Å². The molecule has 1 atom stereocenters. The number of thiophene rings is 1. The van der Waals surface area contributed by atoms with E-state index in [0.29, 0.717) is 34.3 Å². The van der Waals surface area contributed by atoms with Gasteiger partial charge in [-0.1, -0.05) is 37.6 Å². The number of carbonyl (C=O) groups excluding carboxylic acids is 3. The van der Waals surface area contributed by atoms with Crippen LogP contribution in [0.25, 0.3) is 10.4 Å². The summed E-state index contributed by atoms with van der Waals surface area (Å²) >= 11 is 7.70. The number of carbonyl (C=O) groups is 3. The van der Waals surface area contributed by atoms with E-state index < -0.39 is 18.0 Å². The molecule has 0 unspecified atom stereocenters. The summed E-state index contributed by atoms with van der Waals surface area (Å²) in [6.07, 6.45) is 4.80. The summed E-state index contributed by atoms with van der Waals surface area (Å²) < 4.78 is 5.72. The van der Waals surface area contributed by atoms with Gasteiger partial charge in [0.25, 0.3) is 5.91 Å². The highest BCUT2D eigenvalue weighted by Crippen LogP contribution is 2.39. The first-order valence-electron chi connectivity index (χ1n) is 11.4. The molecule has 1 saturated carbocycles. The Hall–Kier alpha value is -2.62. The maximum absolute atomic E-state index is 12.7. The van der Waals surface area contributed by atoms with Gasteiger partial charge in [-0.2, -0.15) is 0 Å². The van der Waals surface area contributed by atoms with E-state index in [4.69, 9.17) is 27.8 Å². The summed E-state index contributed by atoms with van der Waals surface area (Å²) in [5.41, 5.74) is 12.4. The van der Waals surface area contributed by atoms with Crippen LogP contribution in [0.2, 0.25) is 5.02 Å². The molecule has 6 N–H and O–H groups in total. The average Bonchev–Trinajstić information content (AvgIpc) is 3.40. The molecule has 1 aliphatic rings. The van der Waals surface area contributed by atoms with Gasteiger partial charge in [-0.25, -0.2) is 4.79 Å². The number of nitrogens with one attached hydrogen (secondary N) is 2. The second kappa shape index (κ2) is 11.7. The van der Waals surface area contributed by atoms with E-state index in [-0.39, 0.29) is 22.6 Å². The highest BCUT2D eigenvalue weighted by Gasteiger charge is 2.26. The first kappa shape index (κ1) is 26.0. The lowest BCUT2D eigenvalue weighted by atomic mass is 10.0. The van der Waals surface area contributed by atoms with Gasteiger partial charge in [0.1, 0.15) is 17.1 Å². The van der Waals surface area contributed by atoms with Crippen molar-refractivity contribution < 1.29 is 19.1 Å². The molecule has 1 heterocycles. The molecular weight excluding hydrogens is 476 g/mol. The van der Waals surface area contributed by atoms with Crippen molar-refractivity contribution >= 4 is 45.8 Å². The number of nitrogens with two attached hydrogens (primary N) is 2. The lowest BCUT2D eigenvalue weighted by Gasteiger charge is -2.22. The molecule has 8 nitrogen and oxygen atoms in total. The standard InChI is InChI=1S/C24H31ClN4O4S/c1-13(2)9-19(23(31)33-15-5-3-4-6-15)28-12-14-7-8-16(18(25)10-14)20-11-17(21(26)30)22(34-20)29-24(27)32/h7-8,10-11,13,15,19,28H,3-6,9,12H2,1-2H3,(H2,26,30)(H3,27,29,32)/t19-/m1/s1. The van der Waals surface area contributed by atoms with Crippen LogP contribution in [0.3, 0.4) is 0 Å². The summed E-state index contributed by atoms with van der Waals surface area (Å²) in [5.74, 6) is -0.541. The van der Waals surface area contributed by atoms with Crippen LogP contribution in [0.4, 0.5) is 9.80 Å². The van der Waals surface area contributed by atoms with Crippen molar-refractivity contribution in [3.63, 3.8) is 0 Å². The fraction of sp³-hybridized carbons (Fsp3) is 0.458. The Morgan fingerprint density at radius 2 is 1.88 bits per heavy atom. The van der Waals surface area contributed by atoms with E-state index in [2.05, 4.69) is 24.5 Å². The molecule has 3 amide bonds. The molecule has 1 aromatic heterocycles. The highest BCUT2D eigenvalue weighted by atomic mass is 35.5. The average molecular weight is 507 g/mol. The van der Waals surface area contributed by atoms with Crippen molar-refractivity contribution in [2.45, 2.75) is 64.6 Å². The predicted molar refractivity (Wildman–Crippen MR) is 135 cm³/mol. The quantitative estimate of drug-likeness (QED) is 0.348. The monoisotopic (exact) mass is 506 g/mol. The maximum Gasteiger partial charge on any atom is 0.323 e. The summed E-state index contributed by atoms with van der Waals surface area (Å²) in [6, 6.07) is 5.94. The van der Waals surface area contributed by atoms with Gasteiger partial charge in [0.15, 0.2) is 0 Å². The van der Waals surface area contributed by atoms with Crippen molar-refractivity contribution in [3.05, 3.63) is 40.4 Å². The van der Waals surface area contributed by atoms with Crippen molar-refractivity contribution in [1.82, 2.24) is 5.32 Å². The van der Waals surface area contributed by atoms with E-state index in [1.54, 1.807) is 6.07 Å². The number of anilines is 1. The molecule has 0 bridgehead atoms. The number of hydrogen-bond acceptors (Lipinski definition) is 6. The molecule has 1 aliphatic carbocycles. The summed E-state index contributed by atoms with van der Waals surface area (Å²) in [7, 11) is 0. The molecular formula is C24H31ClN4O4S. The van der Waals surface area contributed by atoms with Gasteiger partial charge in [0.05, 0.1) is 5.56 Å². The number of urea groups is 1. The lowest BCUT2D eigenvalue weighted by molar-refractivity contribution is -0.151. The van der Waals surface area contributed by atoms with Gasteiger partial charge in [0.2, 0.25) is 0 Å². The van der Waals surface area contributed by atoms with Gasteiger partial charge < -0.3 is 21.5 Å². The number of amides is 3. The predicted octanol–water partition coefficient (Wildman–Crippen LogP) is 4.65. The van der Waals surface area contributed by atoms with Crippen molar-refractivity contribution in [1.29, 1.82) is 0 Å². The molecule has 1 fully saturated rings. The number of halogens is 1. The Labute approximate surface area is 208 Å². The third kappa shape index (κ3) is 6.94. The second-order valence-corrected chi connectivity index (χ2v) is 10.4. The van der Waals surface area contributed by atoms with E-state index in [1.165, 1.54) is 0 Å². The molecule has 1 aromatic carbocycles. The zero-order valence-electron chi connectivity index (χ0n) is 19.4. The first-order valence-corrected chi connectivity index (χ1v) is 12.6. The molecule has 0 radical (unpaired) electrons. The second-order valence-electron chi connectivity index (χ2n) is 8.93. The Morgan fingerprint density at radius 3 is 2.47 bits per heavy atom. The smallest absolute Gasteiger partial charge is 0.323 e. The van der Waals surface area contributed by atoms with E-state index >= 15 is 0 Å². The van der Waals surface area contributed by atoms with Crippen LogP contribution < -0.4 is 22.1 Å². The molecule has 34 heavy (non-hydrogen) atoms. The minimum atomic E-state index is -0.786. The van der Waals surface area contributed by atoms with Gasteiger partial charge in [-0.05, 0) is 55.7 Å². The number of ether oxygens (including phenoxy) is 1. The SMILES string of the molecule is CC(C)C[C@@H](NCc1ccc(-c2cc(C(N)=O)c(NC(N)=O)s2)c(Cl)c1)C(=O)OC1CCCC1. The zero-order chi connectivity index (χ0) is 24.8. The van der Waals surface area contributed by atoms with E-state index in [1.807, 2.05) is 18.2 Å². The Morgan fingerprint density at radius 1 is 1.18 bits per heavy atom. The molecule has 3 rings (SSSR count). The topological polar surface area (TPSA) is 137 Å². The van der Waals surface area contributed by atoms with E-state index in [9.17, 15) is 14.4 Å². The normalized spacial score (nSPS) is 14.8. The molecule has 2 aromatic rings. The molecule has 0 saturated heterocycles. The van der Waals surface area contributed by atoms with Crippen LogP contribution in [-0.4, -0.2) is 30.1 Å². The Kier molecular flexibility index (Phi) is 8.93. The molecule has 10 heteroatoms. The van der Waals surface area contributed by atoms with Crippen LogP contribution in [0, 0.1) is 5.92 Å². The number of primary amides is 2. The summed E-state index contributed by atoms with van der Waals surface area (Å²) in [5, 5.41) is 6.48. The van der Waals surface area contributed by atoms with Crippen LogP contribution >= 0.6 is 22.9 Å². The number of hydrogen-bond donors (Lipinski definition) is 4. The van der Waals surface area contributed by atoms with Gasteiger partial charge in [-0.15, -0.1) is 11.3 Å². The highest BCUT2D eigenvalue weighted by molar-refractivity contribution is 7.20. The lowest BCUT2D eigenvalue weighted by Crippen LogP contribution is -2.40. The van der Waals surface area contributed by atoms with Gasteiger partial charge in [0, 0.05) is 22.0 Å². The summed E-state index contributed by atoms with van der Waals surface area (Å²) in [4.78, 5) is 36.4.